The van der Waals surface area contributed by atoms with Gasteiger partial charge in [-0.25, -0.2) is 0 Å². The molecule has 1 fully saturated rings. The number of aryl methyl sites for hydroxylation is 1. The Hall–Kier alpha value is -1.12. The van der Waals surface area contributed by atoms with Crippen LogP contribution in [0.5, 0.6) is 0 Å². The normalized spacial score (nSPS) is 20.4. The van der Waals surface area contributed by atoms with Crippen molar-refractivity contribution in [3.05, 3.63) is 40.5 Å². The van der Waals surface area contributed by atoms with Crippen molar-refractivity contribution in [1.82, 2.24) is 9.88 Å². The number of hydrogen-bond donors (Lipinski definition) is 0. The quantitative estimate of drug-likeness (QED) is 0.814. The molecule has 2 heterocycles. The average Bonchev–Trinajstić information content (AvgIpc) is 2.46. The van der Waals surface area contributed by atoms with E-state index >= 15 is 0 Å². The Kier molecular flexibility index (Phi) is 3.95. The fraction of sp³-hybridized carbons (Fsp3) is 0.471. The van der Waals surface area contributed by atoms with Crippen LogP contribution in [0.25, 0.3) is 10.9 Å². The second kappa shape index (κ2) is 5.71. The predicted octanol–water partition coefficient (Wildman–Crippen LogP) is 4.40. The third-order valence-electron chi connectivity index (χ3n) is 4.31. The molecule has 0 spiro atoms. The molecule has 2 aromatic rings. The summed E-state index contributed by atoms with van der Waals surface area (Å²) < 4.78 is 0. The van der Waals surface area contributed by atoms with E-state index in [1.807, 2.05) is 12.3 Å². The van der Waals surface area contributed by atoms with Crippen molar-refractivity contribution in [3.63, 3.8) is 0 Å². The van der Waals surface area contributed by atoms with Gasteiger partial charge in [-0.3, -0.25) is 4.98 Å². The molecule has 106 valence electrons. The predicted molar refractivity (Wildman–Crippen MR) is 85.6 cm³/mol. The lowest BCUT2D eigenvalue weighted by Crippen LogP contribution is -2.34. The fourth-order valence-electron chi connectivity index (χ4n) is 3.26. The van der Waals surface area contributed by atoms with E-state index in [0.29, 0.717) is 5.92 Å². The van der Waals surface area contributed by atoms with Crippen LogP contribution in [-0.2, 0) is 0 Å². The topological polar surface area (TPSA) is 16.1 Å². The smallest absolute Gasteiger partial charge is 0.0738 e. The molecular weight excluding hydrogens is 268 g/mol. The van der Waals surface area contributed by atoms with Crippen molar-refractivity contribution >= 4 is 22.5 Å². The lowest BCUT2D eigenvalue weighted by atomic mass is 9.89. The molecule has 0 N–H and O–H groups in total. The Morgan fingerprint density at radius 1 is 1.35 bits per heavy atom. The van der Waals surface area contributed by atoms with E-state index in [0.717, 1.165) is 23.6 Å². The Labute approximate surface area is 125 Å². The summed E-state index contributed by atoms with van der Waals surface area (Å²) in [5.41, 5.74) is 3.64. The second-order valence-electron chi connectivity index (χ2n) is 5.81. The number of fused-ring (bicyclic) bond motifs is 1. The lowest BCUT2D eigenvalue weighted by Gasteiger charge is -2.32. The fourth-order valence-corrected chi connectivity index (χ4v) is 3.49. The van der Waals surface area contributed by atoms with Crippen LogP contribution in [0.1, 0.15) is 36.8 Å². The minimum atomic E-state index is 0.556. The van der Waals surface area contributed by atoms with Crippen molar-refractivity contribution in [2.45, 2.75) is 32.6 Å². The summed E-state index contributed by atoms with van der Waals surface area (Å²) in [7, 11) is 0. The first kappa shape index (κ1) is 13.8. The first-order chi connectivity index (χ1) is 9.67. The van der Waals surface area contributed by atoms with Crippen LogP contribution in [0.4, 0.5) is 0 Å². The lowest BCUT2D eigenvalue weighted by molar-refractivity contribution is 0.218. The first-order valence-electron chi connectivity index (χ1n) is 7.45. The highest BCUT2D eigenvalue weighted by Crippen LogP contribution is 2.33. The van der Waals surface area contributed by atoms with Gasteiger partial charge in [0.2, 0.25) is 0 Å². The van der Waals surface area contributed by atoms with Gasteiger partial charge in [-0.2, -0.15) is 0 Å². The number of benzene rings is 1. The van der Waals surface area contributed by atoms with Crippen molar-refractivity contribution in [2.24, 2.45) is 0 Å². The van der Waals surface area contributed by atoms with E-state index in [1.54, 1.807) is 0 Å². The highest BCUT2D eigenvalue weighted by molar-refractivity contribution is 6.31. The Bertz CT molecular complexity index is 618. The van der Waals surface area contributed by atoms with Crippen molar-refractivity contribution < 1.29 is 0 Å². The molecule has 1 aromatic heterocycles. The standard InChI is InChI=1S/C17H21ClN2/c1-3-20-6-4-5-13(11-20)16-9-15(18)8-14-7-12(2)10-19-17(14)16/h7-10,13H,3-6,11H2,1-2H3. The number of nitrogens with zero attached hydrogens (tertiary/aromatic N) is 2. The monoisotopic (exact) mass is 288 g/mol. The number of halogens is 1. The largest absolute Gasteiger partial charge is 0.303 e. The third-order valence-corrected chi connectivity index (χ3v) is 4.52. The molecule has 3 rings (SSSR count). The van der Waals surface area contributed by atoms with Gasteiger partial charge < -0.3 is 4.90 Å². The summed E-state index contributed by atoms with van der Waals surface area (Å²) in [5, 5.41) is 2.00. The van der Waals surface area contributed by atoms with Crippen LogP contribution < -0.4 is 0 Å². The molecule has 0 radical (unpaired) electrons. The zero-order valence-corrected chi connectivity index (χ0v) is 13.0. The van der Waals surface area contributed by atoms with E-state index in [-0.39, 0.29) is 0 Å². The van der Waals surface area contributed by atoms with Gasteiger partial charge in [0.25, 0.3) is 0 Å². The van der Waals surface area contributed by atoms with Crippen LogP contribution in [-0.4, -0.2) is 29.5 Å². The number of pyridine rings is 1. The molecule has 1 atom stereocenters. The SMILES string of the molecule is CCN1CCCC(c2cc(Cl)cc3cc(C)cnc23)C1. The highest BCUT2D eigenvalue weighted by atomic mass is 35.5. The summed E-state index contributed by atoms with van der Waals surface area (Å²) in [4.78, 5) is 7.19. The highest BCUT2D eigenvalue weighted by Gasteiger charge is 2.22. The number of hydrogen-bond acceptors (Lipinski definition) is 2. The maximum atomic E-state index is 6.32. The average molecular weight is 289 g/mol. The zero-order valence-electron chi connectivity index (χ0n) is 12.2. The summed E-state index contributed by atoms with van der Waals surface area (Å²) in [6.07, 6.45) is 4.46. The van der Waals surface area contributed by atoms with E-state index in [4.69, 9.17) is 11.6 Å². The second-order valence-corrected chi connectivity index (χ2v) is 6.25. The molecule has 1 saturated heterocycles. The number of likely N-dealkylation sites (N-methyl/N-ethyl adjacent to an activating group) is 1. The molecule has 1 aliphatic heterocycles. The van der Waals surface area contributed by atoms with Crippen molar-refractivity contribution in [2.75, 3.05) is 19.6 Å². The van der Waals surface area contributed by atoms with Crippen LogP contribution in [0, 0.1) is 6.92 Å². The van der Waals surface area contributed by atoms with Gasteiger partial charge in [0.1, 0.15) is 0 Å². The molecule has 3 heteroatoms. The molecule has 1 unspecified atom stereocenters. The molecule has 0 bridgehead atoms. The minimum Gasteiger partial charge on any atom is -0.303 e. The van der Waals surface area contributed by atoms with Gasteiger partial charge >= 0.3 is 0 Å². The van der Waals surface area contributed by atoms with Crippen LogP contribution in [0.2, 0.25) is 5.02 Å². The van der Waals surface area contributed by atoms with E-state index < -0.39 is 0 Å². The van der Waals surface area contributed by atoms with Crippen LogP contribution in [0.15, 0.2) is 24.4 Å². The van der Waals surface area contributed by atoms with E-state index in [9.17, 15) is 0 Å². The molecule has 1 aliphatic rings. The molecule has 20 heavy (non-hydrogen) atoms. The van der Waals surface area contributed by atoms with Gasteiger partial charge in [-0.1, -0.05) is 18.5 Å². The van der Waals surface area contributed by atoms with Gasteiger partial charge in [0.15, 0.2) is 0 Å². The molecular formula is C17H21ClN2. The van der Waals surface area contributed by atoms with Gasteiger partial charge in [0, 0.05) is 23.2 Å². The number of piperidine rings is 1. The van der Waals surface area contributed by atoms with Crippen molar-refractivity contribution in [3.8, 4) is 0 Å². The molecule has 0 aliphatic carbocycles. The van der Waals surface area contributed by atoms with Gasteiger partial charge in [-0.05, 0) is 68.1 Å². The minimum absolute atomic E-state index is 0.556. The Balaban J connectivity index is 2.06. The summed E-state index contributed by atoms with van der Waals surface area (Å²) in [6.45, 7) is 7.79. The Morgan fingerprint density at radius 3 is 3.00 bits per heavy atom. The molecule has 2 nitrogen and oxygen atoms in total. The molecule has 0 saturated carbocycles. The maximum absolute atomic E-state index is 6.32. The van der Waals surface area contributed by atoms with Crippen LogP contribution in [0.3, 0.4) is 0 Å². The summed E-state index contributed by atoms with van der Waals surface area (Å²) >= 11 is 6.32. The van der Waals surface area contributed by atoms with Gasteiger partial charge in [-0.15, -0.1) is 0 Å². The number of likely N-dealkylation sites (tertiary alicyclic amines) is 1. The third kappa shape index (κ3) is 2.68. The van der Waals surface area contributed by atoms with E-state index in [2.05, 4.69) is 35.9 Å². The van der Waals surface area contributed by atoms with Gasteiger partial charge in [0.05, 0.1) is 5.52 Å². The summed E-state index contributed by atoms with van der Waals surface area (Å²) in [6, 6.07) is 6.33. The Morgan fingerprint density at radius 2 is 2.20 bits per heavy atom. The van der Waals surface area contributed by atoms with E-state index in [1.165, 1.54) is 35.9 Å². The maximum Gasteiger partial charge on any atom is 0.0738 e. The first-order valence-corrected chi connectivity index (χ1v) is 7.83. The molecule has 0 amide bonds. The summed E-state index contributed by atoms with van der Waals surface area (Å²) in [5.74, 6) is 0.556. The van der Waals surface area contributed by atoms with Crippen molar-refractivity contribution in [1.29, 1.82) is 0 Å². The number of rotatable bonds is 2. The van der Waals surface area contributed by atoms with Crippen LogP contribution >= 0.6 is 11.6 Å². The number of aromatic nitrogens is 1. The molecule has 1 aromatic carbocycles. The zero-order chi connectivity index (χ0) is 14.1.